The number of carboxylic acid groups (broad SMARTS) is 1. The van der Waals surface area contributed by atoms with Gasteiger partial charge in [0.05, 0.1) is 12.2 Å². The molecule has 2 fully saturated rings. The molecule has 0 aromatic carbocycles. The van der Waals surface area contributed by atoms with Gasteiger partial charge in [-0.25, -0.2) is 4.79 Å². The van der Waals surface area contributed by atoms with Gasteiger partial charge in [0.1, 0.15) is 5.54 Å². The lowest BCUT2D eigenvalue weighted by Gasteiger charge is -2.58. The number of carboxylic acids is 1. The van der Waals surface area contributed by atoms with Crippen LogP contribution >= 0.6 is 0 Å². The van der Waals surface area contributed by atoms with Crippen molar-refractivity contribution in [2.75, 3.05) is 13.2 Å². The molecular weight excluding hydrogens is 286 g/mol. The monoisotopic (exact) mass is 313 g/mol. The second-order valence-electron chi connectivity index (χ2n) is 6.97. The first-order chi connectivity index (χ1) is 10.2. The van der Waals surface area contributed by atoms with Gasteiger partial charge < -0.3 is 19.9 Å². The quantitative estimate of drug-likeness (QED) is 0.805. The Balaban J connectivity index is 2.10. The molecule has 1 saturated heterocycles. The fourth-order valence-corrected chi connectivity index (χ4v) is 3.59. The zero-order chi connectivity index (χ0) is 16.5. The Labute approximate surface area is 131 Å². The van der Waals surface area contributed by atoms with E-state index in [4.69, 9.17) is 9.47 Å². The number of nitrogens with one attached hydrogen (secondary N) is 1. The second-order valence-corrected chi connectivity index (χ2v) is 6.97. The fourth-order valence-electron chi connectivity index (χ4n) is 3.59. The van der Waals surface area contributed by atoms with Crippen LogP contribution in [0.1, 0.15) is 47.0 Å². The number of amides is 1. The molecule has 1 aliphatic heterocycles. The number of rotatable bonds is 5. The standard InChI is InChI=1S/C16H27NO5/c1-5-21-12-9-16(14(19)20,15(12,3)4)17-13(18)11-6-7-22-10(2)8-11/h10-12H,5-9H2,1-4H3,(H,17,18)(H,19,20). The maximum Gasteiger partial charge on any atom is 0.330 e. The maximum absolute atomic E-state index is 12.5. The minimum absolute atomic E-state index is 0.0378. The van der Waals surface area contributed by atoms with Gasteiger partial charge in [-0.1, -0.05) is 13.8 Å². The Morgan fingerprint density at radius 1 is 1.41 bits per heavy atom. The van der Waals surface area contributed by atoms with Crippen LogP contribution in [0.4, 0.5) is 0 Å². The van der Waals surface area contributed by atoms with E-state index in [2.05, 4.69) is 5.32 Å². The van der Waals surface area contributed by atoms with E-state index in [0.717, 1.165) is 0 Å². The molecule has 22 heavy (non-hydrogen) atoms. The van der Waals surface area contributed by atoms with Gasteiger partial charge in [0.15, 0.2) is 0 Å². The second kappa shape index (κ2) is 6.16. The van der Waals surface area contributed by atoms with Crippen LogP contribution in [0.25, 0.3) is 0 Å². The molecule has 1 saturated carbocycles. The van der Waals surface area contributed by atoms with Gasteiger partial charge in [0.2, 0.25) is 5.91 Å². The zero-order valence-corrected chi connectivity index (χ0v) is 13.8. The van der Waals surface area contributed by atoms with E-state index in [1.165, 1.54) is 0 Å². The topological polar surface area (TPSA) is 84.9 Å². The van der Waals surface area contributed by atoms with Crippen molar-refractivity contribution < 1.29 is 24.2 Å². The third kappa shape index (κ3) is 2.74. The Hall–Kier alpha value is -1.14. The van der Waals surface area contributed by atoms with Gasteiger partial charge in [0, 0.05) is 31.0 Å². The lowest BCUT2D eigenvalue weighted by atomic mass is 9.54. The first-order valence-electron chi connectivity index (χ1n) is 8.03. The van der Waals surface area contributed by atoms with E-state index >= 15 is 0 Å². The highest BCUT2D eigenvalue weighted by molar-refractivity contribution is 5.90. The largest absolute Gasteiger partial charge is 0.479 e. The minimum atomic E-state index is -1.24. The Kier molecular flexibility index (Phi) is 4.82. The van der Waals surface area contributed by atoms with Gasteiger partial charge in [-0.3, -0.25) is 4.79 Å². The van der Waals surface area contributed by atoms with Crippen molar-refractivity contribution >= 4 is 11.9 Å². The van der Waals surface area contributed by atoms with Gasteiger partial charge in [-0.15, -0.1) is 0 Å². The molecule has 0 radical (unpaired) electrons. The van der Waals surface area contributed by atoms with Crippen molar-refractivity contribution in [3.63, 3.8) is 0 Å². The lowest BCUT2D eigenvalue weighted by Crippen LogP contribution is -2.76. The van der Waals surface area contributed by atoms with Crippen LogP contribution < -0.4 is 5.32 Å². The molecule has 2 rings (SSSR count). The molecule has 6 heteroatoms. The Morgan fingerprint density at radius 3 is 2.59 bits per heavy atom. The summed E-state index contributed by atoms with van der Waals surface area (Å²) in [6.07, 6.45) is 1.48. The van der Waals surface area contributed by atoms with Crippen molar-refractivity contribution in [2.24, 2.45) is 11.3 Å². The number of aliphatic carboxylic acids is 1. The van der Waals surface area contributed by atoms with Crippen molar-refractivity contribution in [1.29, 1.82) is 0 Å². The summed E-state index contributed by atoms with van der Waals surface area (Å²) in [5.41, 5.74) is -1.88. The highest BCUT2D eigenvalue weighted by Gasteiger charge is 2.66. The molecule has 0 bridgehead atoms. The molecule has 1 amide bonds. The number of ether oxygens (including phenoxy) is 2. The summed E-state index contributed by atoms with van der Waals surface area (Å²) in [7, 11) is 0. The third-order valence-electron chi connectivity index (χ3n) is 5.32. The molecule has 1 heterocycles. The van der Waals surface area contributed by atoms with Crippen molar-refractivity contribution in [1.82, 2.24) is 5.32 Å². The van der Waals surface area contributed by atoms with Crippen LogP contribution in [0.2, 0.25) is 0 Å². The third-order valence-corrected chi connectivity index (χ3v) is 5.32. The van der Waals surface area contributed by atoms with Crippen LogP contribution in [-0.2, 0) is 19.1 Å². The van der Waals surface area contributed by atoms with Gasteiger partial charge in [-0.2, -0.15) is 0 Å². The SMILES string of the molecule is CCOC1CC(NC(=O)C2CCOC(C)C2)(C(=O)O)C1(C)C. The molecule has 4 unspecified atom stereocenters. The summed E-state index contributed by atoms with van der Waals surface area (Å²) >= 11 is 0. The Bertz CT molecular complexity index is 450. The minimum Gasteiger partial charge on any atom is -0.479 e. The average Bonchev–Trinajstić information content (AvgIpc) is 2.45. The van der Waals surface area contributed by atoms with Crippen molar-refractivity contribution in [3.05, 3.63) is 0 Å². The van der Waals surface area contributed by atoms with E-state index in [1.54, 1.807) is 0 Å². The first kappa shape index (κ1) is 17.2. The van der Waals surface area contributed by atoms with Gasteiger partial charge in [0.25, 0.3) is 0 Å². The van der Waals surface area contributed by atoms with E-state index in [1.807, 2.05) is 27.7 Å². The normalized spacial score (nSPS) is 37.2. The number of hydrogen-bond donors (Lipinski definition) is 2. The van der Waals surface area contributed by atoms with E-state index in [-0.39, 0.29) is 24.0 Å². The zero-order valence-electron chi connectivity index (χ0n) is 13.8. The summed E-state index contributed by atoms with van der Waals surface area (Å²) in [6, 6.07) is 0. The number of hydrogen-bond acceptors (Lipinski definition) is 4. The van der Waals surface area contributed by atoms with Crippen molar-refractivity contribution in [3.8, 4) is 0 Å². The molecular formula is C16H27NO5. The lowest BCUT2D eigenvalue weighted by molar-refractivity contribution is -0.195. The molecule has 0 spiro atoms. The van der Waals surface area contributed by atoms with Crippen LogP contribution in [-0.4, -0.2) is 47.9 Å². The molecule has 1 aliphatic carbocycles. The molecule has 6 nitrogen and oxygen atoms in total. The average molecular weight is 313 g/mol. The smallest absolute Gasteiger partial charge is 0.330 e. The van der Waals surface area contributed by atoms with Crippen LogP contribution in [0.5, 0.6) is 0 Å². The molecule has 2 N–H and O–H groups in total. The van der Waals surface area contributed by atoms with E-state index in [0.29, 0.717) is 32.5 Å². The molecule has 0 aromatic rings. The molecule has 0 aromatic heterocycles. The highest BCUT2D eigenvalue weighted by Crippen LogP contribution is 2.51. The van der Waals surface area contributed by atoms with Crippen molar-refractivity contribution in [2.45, 2.75) is 64.7 Å². The predicted octanol–water partition coefficient (Wildman–Crippen LogP) is 1.58. The number of carbonyl (C=O) groups is 2. The highest BCUT2D eigenvalue weighted by atomic mass is 16.5. The fraction of sp³-hybridized carbons (Fsp3) is 0.875. The predicted molar refractivity (Wildman–Crippen MR) is 80.5 cm³/mol. The number of carbonyl (C=O) groups excluding carboxylic acids is 1. The van der Waals surface area contributed by atoms with E-state index in [9.17, 15) is 14.7 Å². The van der Waals surface area contributed by atoms with E-state index < -0.39 is 16.9 Å². The van der Waals surface area contributed by atoms with Crippen LogP contribution in [0.15, 0.2) is 0 Å². The molecule has 2 aliphatic rings. The summed E-state index contributed by atoms with van der Waals surface area (Å²) in [5, 5.41) is 12.5. The molecule has 126 valence electrons. The summed E-state index contributed by atoms with van der Waals surface area (Å²) in [4.78, 5) is 24.4. The van der Waals surface area contributed by atoms with Gasteiger partial charge >= 0.3 is 5.97 Å². The Morgan fingerprint density at radius 2 is 2.09 bits per heavy atom. The summed E-state index contributed by atoms with van der Waals surface area (Å²) < 4.78 is 11.1. The maximum atomic E-state index is 12.5. The van der Waals surface area contributed by atoms with Crippen LogP contribution in [0.3, 0.4) is 0 Å². The first-order valence-corrected chi connectivity index (χ1v) is 8.03. The molecule has 4 atom stereocenters. The van der Waals surface area contributed by atoms with Gasteiger partial charge in [-0.05, 0) is 26.7 Å². The summed E-state index contributed by atoms with van der Waals surface area (Å²) in [6.45, 7) is 8.60. The van der Waals surface area contributed by atoms with Crippen LogP contribution in [0, 0.1) is 11.3 Å². The summed E-state index contributed by atoms with van der Waals surface area (Å²) in [5.74, 6) is -1.34.